The van der Waals surface area contributed by atoms with E-state index in [-0.39, 0.29) is 18.0 Å². The Bertz CT molecular complexity index is 957. The molecule has 1 aliphatic heterocycles. The number of hydrogen-bond donors (Lipinski definition) is 1. The Balaban J connectivity index is 2.00. The number of carbonyl (C=O) groups is 2. The first-order valence-electron chi connectivity index (χ1n) is 8.68. The fourth-order valence-corrected chi connectivity index (χ4v) is 3.07. The molecule has 2 aromatic rings. The van der Waals surface area contributed by atoms with Gasteiger partial charge in [0.15, 0.2) is 5.54 Å². The number of nitro benzene ring substituents is 1. The summed E-state index contributed by atoms with van der Waals surface area (Å²) >= 11 is 0. The van der Waals surface area contributed by atoms with Crippen LogP contribution in [0.5, 0.6) is 0 Å². The van der Waals surface area contributed by atoms with Crippen LogP contribution in [0.2, 0.25) is 0 Å². The Morgan fingerprint density at radius 3 is 2.57 bits per heavy atom. The third-order valence-corrected chi connectivity index (χ3v) is 4.36. The van der Waals surface area contributed by atoms with Gasteiger partial charge in [0, 0.05) is 23.5 Å². The van der Waals surface area contributed by atoms with Crippen LogP contribution in [0.25, 0.3) is 0 Å². The minimum Gasteiger partial charge on any atom is -0.464 e. The van der Waals surface area contributed by atoms with Gasteiger partial charge in [-0.3, -0.25) is 19.8 Å². The number of nitrogens with zero attached hydrogens (tertiary/aromatic N) is 2. The van der Waals surface area contributed by atoms with Gasteiger partial charge in [-0.05, 0) is 38.1 Å². The van der Waals surface area contributed by atoms with Crippen LogP contribution in [-0.2, 0) is 14.3 Å². The van der Waals surface area contributed by atoms with Crippen molar-refractivity contribution in [1.29, 1.82) is 0 Å². The average Bonchev–Trinajstić information content (AvgIpc) is 2.94. The molecule has 1 heterocycles. The van der Waals surface area contributed by atoms with Crippen LogP contribution in [0.3, 0.4) is 0 Å². The topological polar surface area (TPSA) is 102 Å². The monoisotopic (exact) mass is 381 g/mol. The summed E-state index contributed by atoms with van der Waals surface area (Å²) in [6.45, 7) is 3.46. The van der Waals surface area contributed by atoms with Gasteiger partial charge in [-0.1, -0.05) is 24.3 Å². The second kappa shape index (κ2) is 7.51. The molecule has 0 aliphatic carbocycles. The summed E-state index contributed by atoms with van der Waals surface area (Å²) in [6, 6.07) is 14.6. The van der Waals surface area contributed by atoms with Crippen LogP contribution < -0.4 is 10.2 Å². The van der Waals surface area contributed by atoms with Crippen molar-refractivity contribution in [3.63, 3.8) is 0 Å². The van der Waals surface area contributed by atoms with Crippen LogP contribution in [0.1, 0.15) is 13.8 Å². The van der Waals surface area contributed by atoms with E-state index < -0.39 is 22.3 Å². The molecule has 8 heteroatoms. The molecule has 0 saturated carbocycles. The van der Waals surface area contributed by atoms with Crippen LogP contribution in [0.4, 0.5) is 17.1 Å². The first kappa shape index (κ1) is 19.1. The number of nitro groups is 1. The first-order valence-corrected chi connectivity index (χ1v) is 8.68. The lowest BCUT2D eigenvalue weighted by atomic mass is 10.0. The lowest BCUT2D eigenvalue weighted by molar-refractivity contribution is -0.384. The molecule has 0 bridgehead atoms. The van der Waals surface area contributed by atoms with Gasteiger partial charge in [0.1, 0.15) is 5.70 Å². The van der Waals surface area contributed by atoms with Gasteiger partial charge in [0.25, 0.3) is 11.6 Å². The smallest absolute Gasteiger partial charge is 0.336 e. The number of para-hydroxylation sites is 1. The molecule has 0 radical (unpaired) electrons. The summed E-state index contributed by atoms with van der Waals surface area (Å²) in [5, 5.41) is 13.9. The molecule has 1 atom stereocenters. The van der Waals surface area contributed by atoms with Gasteiger partial charge < -0.3 is 10.1 Å². The third-order valence-electron chi connectivity index (χ3n) is 4.36. The lowest BCUT2D eigenvalue weighted by Gasteiger charge is -2.32. The lowest BCUT2D eigenvalue weighted by Crippen LogP contribution is -2.51. The highest BCUT2D eigenvalue weighted by atomic mass is 16.6. The van der Waals surface area contributed by atoms with Crippen LogP contribution >= 0.6 is 0 Å². The van der Waals surface area contributed by atoms with Gasteiger partial charge in [0.2, 0.25) is 0 Å². The Labute approximate surface area is 161 Å². The quantitative estimate of drug-likeness (QED) is 0.468. The summed E-state index contributed by atoms with van der Waals surface area (Å²) < 4.78 is 5.18. The molecule has 3 rings (SSSR count). The fraction of sp³-hybridized carbons (Fsp3) is 0.200. The molecule has 8 nitrogen and oxygen atoms in total. The number of benzene rings is 2. The molecule has 0 aromatic heterocycles. The van der Waals surface area contributed by atoms with Crippen molar-refractivity contribution in [2.75, 3.05) is 16.8 Å². The first-order chi connectivity index (χ1) is 13.4. The van der Waals surface area contributed by atoms with E-state index >= 15 is 0 Å². The number of rotatable bonds is 6. The zero-order valence-electron chi connectivity index (χ0n) is 15.4. The van der Waals surface area contributed by atoms with E-state index in [1.54, 1.807) is 50.2 Å². The summed E-state index contributed by atoms with van der Waals surface area (Å²) in [5.74, 6) is -1.00. The zero-order chi connectivity index (χ0) is 20.3. The van der Waals surface area contributed by atoms with Crippen LogP contribution in [0.15, 0.2) is 66.4 Å². The normalized spacial score (nSPS) is 18.6. The molecule has 0 unspecified atom stereocenters. The van der Waals surface area contributed by atoms with E-state index in [1.165, 1.54) is 29.2 Å². The number of anilines is 2. The molecule has 144 valence electrons. The molecule has 28 heavy (non-hydrogen) atoms. The highest BCUT2D eigenvalue weighted by molar-refractivity contribution is 6.16. The van der Waals surface area contributed by atoms with Gasteiger partial charge in [-0.25, -0.2) is 4.79 Å². The molecule has 1 aliphatic rings. The van der Waals surface area contributed by atoms with Gasteiger partial charge in [0.05, 0.1) is 11.5 Å². The Morgan fingerprint density at radius 2 is 1.93 bits per heavy atom. The van der Waals surface area contributed by atoms with Gasteiger partial charge in [-0.2, -0.15) is 0 Å². The van der Waals surface area contributed by atoms with E-state index in [9.17, 15) is 19.7 Å². The molecule has 1 amide bonds. The predicted molar refractivity (Wildman–Crippen MR) is 104 cm³/mol. The van der Waals surface area contributed by atoms with Crippen molar-refractivity contribution in [3.8, 4) is 0 Å². The maximum absolute atomic E-state index is 13.1. The molecular formula is C20H19N3O5. The van der Waals surface area contributed by atoms with Crippen molar-refractivity contribution in [3.05, 3.63) is 76.5 Å². The van der Waals surface area contributed by atoms with Crippen molar-refractivity contribution < 1.29 is 19.2 Å². The largest absolute Gasteiger partial charge is 0.464 e. The van der Waals surface area contributed by atoms with Gasteiger partial charge in [-0.15, -0.1) is 0 Å². The Morgan fingerprint density at radius 1 is 1.21 bits per heavy atom. The Hall–Kier alpha value is -3.68. The van der Waals surface area contributed by atoms with E-state index in [1.807, 2.05) is 0 Å². The minimum absolute atomic E-state index is 0.107. The second-order valence-electron chi connectivity index (χ2n) is 6.33. The predicted octanol–water partition coefficient (Wildman–Crippen LogP) is 3.26. The maximum atomic E-state index is 13.1. The second-order valence-corrected chi connectivity index (χ2v) is 6.33. The van der Waals surface area contributed by atoms with E-state index in [2.05, 4.69) is 5.32 Å². The summed E-state index contributed by atoms with van der Waals surface area (Å²) in [5.41, 5.74) is -0.411. The molecule has 1 N–H and O–H groups in total. The number of ether oxygens (including phenoxy) is 1. The molecular weight excluding hydrogens is 362 g/mol. The number of carbonyl (C=O) groups excluding carboxylic acids is 2. The zero-order valence-corrected chi connectivity index (χ0v) is 15.4. The van der Waals surface area contributed by atoms with E-state index in [0.29, 0.717) is 11.4 Å². The van der Waals surface area contributed by atoms with Crippen molar-refractivity contribution in [2.45, 2.75) is 19.4 Å². The highest BCUT2D eigenvalue weighted by Crippen LogP contribution is 2.35. The molecule has 0 fully saturated rings. The molecule has 0 spiro atoms. The van der Waals surface area contributed by atoms with Crippen LogP contribution in [0, 0.1) is 10.1 Å². The fourth-order valence-electron chi connectivity index (χ4n) is 3.07. The number of amides is 1. The summed E-state index contributed by atoms with van der Waals surface area (Å²) in [7, 11) is 0. The highest BCUT2D eigenvalue weighted by Gasteiger charge is 2.49. The summed E-state index contributed by atoms with van der Waals surface area (Å²) in [6.07, 6.45) is 1.49. The Kier molecular flexibility index (Phi) is 5.12. The third kappa shape index (κ3) is 3.44. The number of nitrogens with one attached hydrogen (secondary N) is 1. The minimum atomic E-state index is -1.35. The number of esters is 1. The van der Waals surface area contributed by atoms with Crippen molar-refractivity contribution in [2.24, 2.45) is 0 Å². The maximum Gasteiger partial charge on any atom is 0.336 e. The molecule has 2 aromatic carbocycles. The van der Waals surface area contributed by atoms with Crippen molar-refractivity contribution in [1.82, 2.24) is 0 Å². The van der Waals surface area contributed by atoms with Crippen LogP contribution in [-0.4, -0.2) is 28.9 Å². The van der Waals surface area contributed by atoms with Gasteiger partial charge >= 0.3 is 5.97 Å². The number of hydrogen-bond acceptors (Lipinski definition) is 6. The summed E-state index contributed by atoms with van der Waals surface area (Å²) in [4.78, 5) is 37.6. The molecule has 0 saturated heterocycles. The van der Waals surface area contributed by atoms with Crippen molar-refractivity contribution >= 4 is 28.9 Å². The van der Waals surface area contributed by atoms with E-state index in [0.717, 1.165) is 0 Å². The standard InChI is InChI=1S/C20H19N3O5/c1-3-28-19(25)20(2)13-17(18(24)22(20)15-9-5-4-6-10-15)21-14-8-7-11-16(12-14)23(26)27/h4-13,21H,3H2,1-2H3/t20-/m0/s1. The number of non-ortho nitro benzene ring substituents is 1. The average molecular weight is 381 g/mol. The SMILES string of the molecule is CCOC(=O)[C@]1(C)C=C(Nc2cccc([N+](=O)[O-])c2)C(=O)N1c1ccccc1. The van der Waals surface area contributed by atoms with E-state index in [4.69, 9.17) is 4.74 Å².